The van der Waals surface area contributed by atoms with Gasteiger partial charge in [0.2, 0.25) is 0 Å². The summed E-state index contributed by atoms with van der Waals surface area (Å²) >= 11 is 1.36. The van der Waals surface area contributed by atoms with Crippen molar-refractivity contribution in [1.82, 2.24) is 5.32 Å². The molecule has 0 saturated heterocycles. The molecule has 5 nitrogen and oxygen atoms in total. The third-order valence-corrected chi connectivity index (χ3v) is 3.75. The number of rotatable bonds is 6. The van der Waals surface area contributed by atoms with Gasteiger partial charge < -0.3 is 20.6 Å². The van der Waals surface area contributed by atoms with E-state index in [0.29, 0.717) is 4.88 Å². The molecule has 17 heavy (non-hydrogen) atoms. The molecule has 96 valence electrons. The number of hydrogen-bond acceptors (Lipinski definition) is 5. The highest BCUT2D eigenvalue weighted by Crippen LogP contribution is 2.17. The minimum atomic E-state index is -1.37. The Morgan fingerprint density at radius 3 is 2.29 bits per heavy atom. The minimum absolute atomic E-state index is 0.396. The summed E-state index contributed by atoms with van der Waals surface area (Å²) in [7, 11) is 0. The molecular formula is C11H17NO4S. The van der Waals surface area contributed by atoms with Crippen molar-refractivity contribution in [2.75, 3.05) is 19.8 Å². The van der Waals surface area contributed by atoms with Crippen LogP contribution in [0.15, 0.2) is 12.1 Å². The topological polar surface area (TPSA) is 89.8 Å². The Labute approximate surface area is 104 Å². The molecule has 0 atom stereocenters. The molecule has 0 unspecified atom stereocenters. The van der Waals surface area contributed by atoms with Gasteiger partial charge in [-0.2, -0.15) is 0 Å². The monoisotopic (exact) mass is 259 g/mol. The third kappa shape index (κ3) is 3.26. The van der Waals surface area contributed by atoms with Crippen molar-refractivity contribution >= 4 is 17.2 Å². The molecule has 4 N–H and O–H groups in total. The van der Waals surface area contributed by atoms with E-state index in [1.165, 1.54) is 11.3 Å². The maximum absolute atomic E-state index is 11.8. The summed E-state index contributed by atoms with van der Waals surface area (Å²) < 4.78 is 0. The smallest absolute Gasteiger partial charge is 0.262 e. The van der Waals surface area contributed by atoms with Gasteiger partial charge in [0.05, 0.1) is 24.7 Å². The van der Waals surface area contributed by atoms with Gasteiger partial charge in [0.25, 0.3) is 5.91 Å². The zero-order chi connectivity index (χ0) is 12.9. The maximum Gasteiger partial charge on any atom is 0.262 e. The van der Waals surface area contributed by atoms with E-state index in [0.717, 1.165) is 11.3 Å². The van der Waals surface area contributed by atoms with Crippen LogP contribution in [0.5, 0.6) is 0 Å². The zero-order valence-corrected chi connectivity index (χ0v) is 10.5. The lowest BCUT2D eigenvalue weighted by atomic mass is 10.0. The highest BCUT2D eigenvalue weighted by molar-refractivity contribution is 7.14. The van der Waals surface area contributed by atoms with Crippen LogP contribution in [0.1, 0.15) is 21.5 Å². The fourth-order valence-electron chi connectivity index (χ4n) is 1.26. The normalized spacial score (nSPS) is 11.5. The van der Waals surface area contributed by atoms with Crippen LogP contribution in [0.4, 0.5) is 0 Å². The van der Waals surface area contributed by atoms with Gasteiger partial charge in [0.15, 0.2) is 0 Å². The number of thiophene rings is 1. The van der Waals surface area contributed by atoms with Gasteiger partial charge >= 0.3 is 0 Å². The van der Waals surface area contributed by atoms with Crippen LogP contribution >= 0.6 is 11.3 Å². The summed E-state index contributed by atoms with van der Waals surface area (Å²) in [6, 6.07) is 3.55. The molecule has 1 aromatic heterocycles. The van der Waals surface area contributed by atoms with Gasteiger partial charge in [0.1, 0.15) is 5.54 Å². The second kappa shape index (κ2) is 6.11. The first kappa shape index (κ1) is 14.1. The maximum atomic E-state index is 11.8. The van der Waals surface area contributed by atoms with Crippen molar-refractivity contribution < 1.29 is 20.1 Å². The number of carbonyl (C=O) groups is 1. The molecule has 0 spiro atoms. The fraction of sp³-hybridized carbons (Fsp3) is 0.545. The molecule has 1 amide bonds. The lowest BCUT2D eigenvalue weighted by Crippen LogP contribution is -2.56. The lowest BCUT2D eigenvalue weighted by molar-refractivity contribution is 0.0377. The van der Waals surface area contributed by atoms with E-state index in [1.54, 1.807) is 6.07 Å². The number of nitrogens with one attached hydrogen (secondary N) is 1. The van der Waals surface area contributed by atoms with Gasteiger partial charge in [-0.15, -0.1) is 11.3 Å². The number of aryl methyl sites for hydroxylation is 1. The predicted octanol–water partition coefficient (Wildman–Crippen LogP) is -0.244. The van der Waals surface area contributed by atoms with Crippen LogP contribution in [0, 0.1) is 0 Å². The predicted molar refractivity (Wildman–Crippen MR) is 65.2 cm³/mol. The molecule has 0 radical (unpaired) electrons. The van der Waals surface area contributed by atoms with Gasteiger partial charge in [-0.25, -0.2) is 0 Å². The Hall–Kier alpha value is -0.950. The van der Waals surface area contributed by atoms with E-state index in [2.05, 4.69) is 5.32 Å². The largest absolute Gasteiger partial charge is 0.394 e. The van der Waals surface area contributed by atoms with Crippen LogP contribution in [0.25, 0.3) is 0 Å². The Kier molecular flexibility index (Phi) is 5.07. The molecule has 1 rings (SSSR count). The van der Waals surface area contributed by atoms with Crippen LogP contribution in [-0.4, -0.2) is 46.6 Å². The van der Waals surface area contributed by atoms with E-state index in [-0.39, 0.29) is 0 Å². The van der Waals surface area contributed by atoms with Gasteiger partial charge in [-0.3, -0.25) is 4.79 Å². The molecule has 0 aliphatic rings. The van der Waals surface area contributed by atoms with Gasteiger partial charge in [-0.05, 0) is 18.6 Å². The van der Waals surface area contributed by atoms with Gasteiger partial charge in [-0.1, -0.05) is 6.92 Å². The van der Waals surface area contributed by atoms with Gasteiger partial charge in [0, 0.05) is 4.88 Å². The standard InChI is InChI=1S/C11H17NO4S/c1-2-8-3-4-9(17-8)10(16)12-11(5-13,6-14)7-15/h3-4,13-15H,2,5-7H2,1H3,(H,12,16). The molecule has 0 fully saturated rings. The fourth-order valence-corrected chi connectivity index (χ4v) is 2.10. The van der Waals surface area contributed by atoms with E-state index in [9.17, 15) is 4.79 Å². The summed E-state index contributed by atoms with van der Waals surface area (Å²) in [5.41, 5.74) is -1.37. The second-order valence-electron chi connectivity index (χ2n) is 3.83. The van der Waals surface area contributed by atoms with Crippen LogP contribution in [-0.2, 0) is 6.42 Å². The number of aliphatic hydroxyl groups is 3. The molecule has 0 saturated carbocycles. The van der Waals surface area contributed by atoms with Crippen molar-refractivity contribution in [3.63, 3.8) is 0 Å². The second-order valence-corrected chi connectivity index (χ2v) is 5.00. The van der Waals surface area contributed by atoms with E-state index in [1.807, 2.05) is 13.0 Å². The summed E-state index contributed by atoms with van der Waals surface area (Å²) in [4.78, 5) is 13.4. The first-order valence-corrected chi connectivity index (χ1v) is 6.16. The summed E-state index contributed by atoms with van der Waals surface area (Å²) in [6.07, 6.45) is 0.850. The molecule has 6 heteroatoms. The molecule has 0 bridgehead atoms. The summed E-state index contributed by atoms with van der Waals surface area (Å²) in [6.45, 7) is 0.445. The van der Waals surface area contributed by atoms with Crippen molar-refractivity contribution in [3.8, 4) is 0 Å². The van der Waals surface area contributed by atoms with E-state index in [4.69, 9.17) is 15.3 Å². The number of hydrogen-bond donors (Lipinski definition) is 4. The summed E-state index contributed by atoms with van der Waals surface area (Å²) in [5.74, 6) is -0.396. The average Bonchev–Trinajstić information content (AvgIpc) is 2.85. The van der Waals surface area contributed by atoms with E-state index >= 15 is 0 Å². The molecular weight excluding hydrogens is 242 g/mol. The molecule has 1 heterocycles. The highest BCUT2D eigenvalue weighted by Gasteiger charge is 2.30. The molecule has 1 aromatic rings. The van der Waals surface area contributed by atoms with Crippen LogP contribution < -0.4 is 5.32 Å². The quantitative estimate of drug-likeness (QED) is 0.567. The van der Waals surface area contributed by atoms with Crippen molar-refractivity contribution in [1.29, 1.82) is 0 Å². The Morgan fingerprint density at radius 2 is 1.88 bits per heavy atom. The SMILES string of the molecule is CCc1ccc(C(=O)NC(CO)(CO)CO)s1. The number of aliphatic hydroxyl groups excluding tert-OH is 3. The van der Waals surface area contributed by atoms with Crippen molar-refractivity contribution in [3.05, 3.63) is 21.9 Å². The summed E-state index contributed by atoms with van der Waals surface area (Å²) in [5, 5.41) is 29.7. The Morgan fingerprint density at radius 1 is 1.29 bits per heavy atom. The minimum Gasteiger partial charge on any atom is -0.394 e. The molecule has 0 aromatic carbocycles. The lowest BCUT2D eigenvalue weighted by Gasteiger charge is -2.28. The molecule has 0 aliphatic carbocycles. The highest BCUT2D eigenvalue weighted by atomic mass is 32.1. The zero-order valence-electron chi connectivity index (χ0n) is 9.64. The first-order chi connectivity index (χ1) is 8.10. The Balaban J connectivity index is 2.77. The number of carbonyl (C=O) groups excluding carboxylic acids is 1. The average molecular weight is 259 g/mol. The van der Waals surface area contributed by atoms with Crippen LogP contribution in [0.2, 0.25) is 0 Å². The number of amides is 1. The van der Waals surface area contributed by atoms with E-state index < -0.39 is 31.3 Å². The van der Waals surface area contributed by atoms with Crippen molar-refractivity contribution in [2.45, 2.75) is 18.9 Å². The Bertz CT molecular complexity index is 365. The first-order valence-electron chi connectivity index (χ1n) is 5.34. The third-order valence-electron chi connectivity index (χ3n) is 2.52. The molecule has 0 aliphatic heterocycles. The van der Waals surface area contributed by atoms with Crippen LogP contribution in [0.3, 0.4) is 0 Å². The van der Waals surface area contributed by atoms with Crippen molar-refractivity contribution in [2.24, 2.45) is 0 Å².